The lowest BCUT2D eigenvalue weighted by Gasteiger charge is -2.35. The summed E-state index contributed by atoms with van der Waals surface area (Å²) >= 11 is 0. The third kappa shape index (κ3) is 3.98. The minimum atomic E-state index is 0.129. The zero-order valence-electron chi connectivity index (χ0n) is 13.6. The summed E-state index contributed by atoms with van der Waals surface area (Å²) in [6.07, 6.45) is 5.82. The van der Waals surface area contributed by atoms with Gasteiger partial charge in [0.05, 0.1) is 7.11 Å². The van der Waals surface area contributed by atoms with Crippen LogP contribution in [0.2, 0.25) is 0 Å². The van der Waals surface area contributed by atoms with Gasteiger partial charge in [-0.15, -0.1) is 0 Å². The van der Waals surface area contributed by atoms with Crippen LogP contribution < -0.4 is 4.74 Å². The minimum absolute atomic E-state index is 0.129. The first-order valence-electron chi connectivity index (χ1n) is 8.03. The lowest BCUT2D eigenvalue weighted by atomic mass is 9.86. The molecule has 3 nitrogen and oxygen atoms in total. The molecule has 118 valence electrons. The van der Waals surface area contributed by atoms with E-state index in [1.165, 1.54) is 18.4 Å². The summed E-state index contributed by atoms with van der Waals surface area (Å²) in [7, 11) is 3.91. The van der Waals surface area contributed by atoms with E-state index in [1.807, 2.05) is 12.1 Å². The number of likely N-dealkylation sites (N-methyl/N-ethyl adjacent to an activating group) is 1. The molecule has 1 unspecified atom stereocenters. The van der Waals surface area contributed by atoms with Crippen LogP contribution in [0.4, 0.5) is 0 Å². The SMILES string of the molecule is COc1ccccc1CC(C)N(C)CC1(CO)CCCC1. The van der Waals surface area contributed by atoms with Gasteiger partial charge in [0.25, 0.3) is 0 Å². The number of para-hydroxylation sites is 1. The molecule has 1 N–H and O–H groups in total. The molecule has 2 rings (SSSR count). The Balaban J connectivity index is 1.97. The maximum Gasteiger partial charge on any atom is 0.122 e. The zero-order chi connectivity index (χ0) is 15.3. The van der Waals surface area contributed by atoms with Crippen molar-refractivity contribution in [2.45, 2.75) is 45.1 Å². The zero-order valence-corrected chi connectivity index (χ0v) is 13.6. The van der Waals surface area contributed by atoms with Gasteiger partial charge in [-0.05, 0) is 44.9 Å². The van der Waals surface area contributed by atoms with Crippen molar-refractivity contribution >= 4 is 0 Å². The van der Waals surface area contributed by atoms with Crippen molar-refractivity contribution in [1.82, 2.24) is 4.90 Å². The Morgan fingerprint density at radius 3 is 2.57 bits per heavy atom. The molecule has 0 bridgehead atoms. The van der Waals surface area contributed by atoms with Gasteiger partial charge in [0.15, 0.2) is 0 Å². The van der Waals surface area contributed by atoms with E-state index in [2.05, 4.69) is 31.0 Å². The predicted molar refractivity (Wildman–Crippen MR) is 86.8 cm³/mol. The molecule has 1 aliphatic carbocycles. The Morgan fingerprint density at radius 2 is 1.95 bits per heavy atom. The van der Waals surface area contributed by atoms with Crippen LogP contribution in [0.5, 0.6) is 5.75 Å². The molecule has 0 amide bonds. The second-order valence-electron chi connectivity index (χ2n) is 6.65. The average Bonchev–Trinajstić information content (AvgIpc) is 2.96. The van der Waals surface area contributed by atoms with Gasteiger partial charge in [-0.2, -0.15) is 0 Å². The fourth-order valence-electron chi connectivity index (χ4n) is 3.52. The molecule has 3 heteroatoms. The number of ether oxygens (including phenoxy) is 1. The molecule has 1 aliphatic rings. The molecule has 1 aromatic carbocycles. The van der Waals surface area contributed by atoms with E-state index in [1.54, 1.807) is 7.11 Å². The Bertz CT molecular complexity index is 441. The topological polar surface area (TPSA) is 32.7 Å². The van der Waals surface area contributed by atoms with Gasteiger partial charge in [0.1, 0.15) is 5.75 Å². The number of hydrogen-bond donors (Lipinski definition) is 1. The molecular weight excluding hydrogens is 262 g/mol. The molecular formula is C18H29NO2. The van der Waals surface area contributed by atoms with Gasteiger partial charge in [-0.25, -0.2) is 0 Å². The first-order chi connectivity index (χ1) is 10.1. The molecule has 21 heavy (non-hydrogen) atoms. The third-order valence-corrected chi connectivity index (χ3v) is 5.04. The first-order valence-corrected chi connectivity index (χ1v) is 8.03. The predicted octanol–water partition coefficient (Wildman–Crippen LogP) is 3.11. The summed E-state index contributed by atoms with van der Waals surface area (Å²) < 4.78 is 5.44. The molecule has 0 spiro atoms. The van der Waals surface area contributed by atoms with E-state index in [0.29, 0.717) is 12.6 Å². The van der Waals surface area contributed by atoms with Crippen LogP contribution in [-0.4, -0.2) is 43.4 Å². The Hall–Kier alpha value is -1.06. The summed E-state index contributed by atoms with van der Waals surface area (Å²) in [6, 6.07) is 8.67. The van der Waals surface area contributed by atoms with E-state index in [0.717, 1.165) is 31.6 Å². The smallest absolute Gasteiger partial charge is 0.122 e. The van der Waals surface area contributed by atoms with Crippen LogP contribution in [0.25, 0.3) is 0 Å². The van der Waals surface area contributed by atoms with Crippen molar-refractivity contribution in [2.75, 3.05) is 27.3 Å². The summed E-state index contributed by atoms with van der Waals surface area (Å²) in [4.78, 5) is 2.40. The Morgan fingerprint density at radius 1 is 1.29 bits per heavy atom. The number of methoxy groups -OCH3 is 1. The van der Waals surface area contributed by atoms with E-state index >= 15 is 0 Å². The lowest BCUT2D eigenvalue weighted by Crippen LogP contribution is -2.41. The molecule has 0 saturated heterocycles. The standard InChI is InChI=1S/C18H29NO2/c1-15(12-16-8-4-5-9-17(16)21-3)19(2)13-18(14-20)10-6-7-11-18/h4-5,8-9,15,20H,6-7,10-14H2,1-3H3. The van der Waals surface area contributed by atoms with E-state index in [-0.39, 0.29) is 5.41 Å². The van der Waals surface area contributed by atoms with Crippen molar-refractivity contribution < 1.29 is 9.84 Å². The van der Waals surface area contributed by atoms with Crippen molar-refractivity contribution in [3.05, 3.63) is 29.8 Å². The first kappa shape index (κ1) is 16.3. The average molecular weight is 291 g/mol. The van der Waals surface area contributed by atoms with Gasteiger partial charge in [-0.1, -0.05) is 31.0 Å². The Labute approximate surface area is 128 Å². The number of aliphatic hydroxyl groups excluding tert-OH is 1. The molecule has 0 aliphatic heterocycles. The summed E-state index contributed by atoms with van der Waals surface area (Å²) in [5.41, 5.74) is 1.38. The highest BCUT2D eigenvalue weighted by Gasteiger charge is 2.35. The maximum atomic E-state index is 9.77. The van der Waals surface area contributed by atoms with E-state index in [4.69, 9.17) is 4.74 Å². The van der Waals surface area contributed by atoms with Gasteiger partial charge in [-0.3, -0.25) is 0 Å². The number of benzene rings is 1. The highest BCUT2D eigenvalue weighted by atomic mass is 16.5. The van der Waals surface area contributed by atoms with Crippen LogP contribution in [-0.2, 0) is 6.42 Å². The second-order valence-corrected chi connectivity index (χ2v) is 6.65. The highest BCUT2D eigenvalue weighted by Crippen LogP contribution is 2.38. The molecule has 0 aromatic heterocycles. The fourth-order valence-corrected chi connectivity index (χ4v) is 3.52. The lowest BCUT2D eigenvalue weighted by molar-refractivity contribution is 0.0746. The van der Waals surface area contributed by atoms with Gasteiger partial charge < -0.3 is 14.7 Å². The quantitative estimate of drug-likeness (QED) is 0.838. The van der Waals surface area contributed by atoms with Crippen LogP contribution >= 0.6 is 0 Å². The van der Waals surface area contributed by atoms with Gasteiger partial charge >= 0.3 is 0 Å². The molecule has 0 radical (unpaired) electrons. The second kappa shape index (κ2) is 7.28. The number of nitrogens with zero attached hydrogens (tertiary/aromatic N) is 1. The minimum Gasteiger partial charge on any atom is -0.496 e. The van der Waals surface area contributed by atoms with Crippen LogP contribution in [0, 0.1) is 5.41 Å². The Kier molecular flexibility index (Phi) is 5.65. The van der Waals surface area contributed by atoms with Crippen molar-refractivity contribution in [3.63, 3.8) is 0 Å². The maximum absolute atomic E-state index is 9.77. The number of hydrogen-bond acceptors (Lipinski definition) is 3. The molecule has 0 heterocycles. The van der Waals surface area contributed by atoms with E-state index < -0.39 is 0 Å². The van der Waals surface area contributed by atoms with Crippen LogP contribution in [0.3, 0.4) is 0 Å². The summed E-state index contributed by atoms with van der Waals surface area (Å²) in [6.45, 7) is 3.56. The normalized spacial score (nSPS) is 18.9. The highest BCUT2D eigenvalue weighted by molar-refractivity contribution is 5.33. The van der Waals surface area contributed by atoms with E-state index in [9.17, 15) is 5.11 Å². The largest absolute Gasteiger partial charge is 0.496 e. The van der Waals surface area contributed by atoms with Crippen molar-refractivity contribution in [3.8, 4) is 5.75 Å². The van der Waals surface area contributed by atoms with Gasteiger partial charge in [0, 0.05) is 24.6 Å². The third-order valence-electron chi connectivity index (χ3n) is 5.04. The number of rotatable bonds is 7. The monoisotopic (exact) mass is 291 g/mol. The molecule has 1 saturated carbocycles. The molecule has 1 aromatic rings. The van der Waals surface area contributed by atoms with Crippen LogP contribution in [0.1, 0.15) is 38.2 Å². The van der Waals surface area contributed by atoms with Crippen molar-refractivity contribution in [2.24, 2.45) is 5.41 Å². The molecule has 1 atom stereocenters. The number of aliphatic hydroxyl groups is 1. The summed E-state index contributed by atoms with van der Waals surface area (Å²) in [5, 5.41) is 9.77. The van der Waals surface area contributed by atoms with Crippen LogP contribution in [0.15, 0.2) is 24.3 Å². The van der Waals surface area contributed by atoms with Gasteiger partial charge in [0.2, 0.25) is 0 Å². The molecule has 1 fully saturated rings. The fraction of sp³-hybridized carbons (Fsp3) is 0.667. The van der Waals surface area contributed by atoms with Crippen molar-refractivity contribution in [1.29, 1.82) is 0 Å². The summed E-state index contributed by atoms with van der Waals surface area (Å²) in [5.74, 6) is 0.968.